The second-order valence-electron chi connectivity index (χ2n) is 7.92. The molecule has 8 heteroatoms. The molecular formula is C20H22ClFN4O2. The Bertz CT molecular complexity index is 1020. The highest BCUT2D eigenvalue weighted by molar-refractivity contribution is 6.29. The zero-order valence-electron chi connectivity index (χ0n) is 16.1. The summed E-state index contributed by atoms with van der Waals surface area (Å²) in [5, 5.41) is 13.8. The quantitative estimate of drug-likeness (QED) is 0.638. The van der Waals surface area contributed by atoms with Crippen LogP contribution in [0.5, 0.6) is 0 Å². The number of anilines is 1. The van der Waals surface area contributed by atoms with Crippen LogP contribution in [0.25, 0.3) is 11.2 Å². The second-order valence-corrected chi connectivity index (χ2v) is 8.31. The number of imidazole rings is 1. The van der Waals surface area contributed by atoms with Crippen molar-refractivity contribution in [2.45, 2.75) is 45.3 Å². The SMILES string of the molecule is CC(C)(C)n1c(NC(=O)C[C@](C)(O)c2ccc(F)cc2)nc2ccc(Cl)nc21. The molecular weight excluding hydrogens is 383 g/mol. The lowest BCUT2D eigenvalue weighted by Gasteiger charge is -2.25. The number of fused-ring (bicyclic) bond motifs is 1. The monoisotopic (exact) mass is 404 g/mol. The van der Waals surface area contributed by atoms with E-state index in [0.29, 0.717) is 27.8 Å². The Morgan fingerprint density at radius 3 is 2.39 bits per heavy atom. The number of benzene rings is 1. The van der Waals surface area contributed by atoms with Crippen LogP contribution in [0.4, 0.5) is 10.3 Å². The Hall–Kier alpha value is -2.51. The fraction of sp³-hybridized carbons (Fsp3) is 0.350. The van der Waals surface area contributed by atoms with Gasteiger partial charge in [0.2, 0.25) is 11.9 Å². The van der Waals surface area contributed by atoms with Crippen LogP contribution >= 0.6 is 11.6 Å². The molecule has 0 bridgehead atoms. The van der Waals surface area contributed by atoms with Gasteiger partial charge in [-0.2, -0.15) is 0 Å². The summed E-state index contributed by atoms with van der Waals surface area (Å²) >= 11 is 6.02. The molecule has 0 aliphatic rings. The summed E-state index contributed by atoms with van der Waals surface area (Å²) in [4.78, 5) is 21.4. The number of hydrogen-bond acceptors (Lipinski definition) is 4. The lowest BCUT2D eigenvalue weighted by Crippen LogP contribution is -2.31. The largest absolute Gasteiger partial charge is 0.385 e. The van der Waals surface area contributed by atoms with E-state index >= 15 is 0 Å². The van der Waals surface area contributed by atoms with Crippen LogP contribution in [0, 0.1) is 5.82 Å². The Morgan fingerprint density at radius 1 is 1.14 bits per heavy atom. The van der Waals surface area contributed by atoms with Gasteiger partial charge in [0.25, 0.3) is 0 Å². The first-order chi connectivity index (χ1) is 13.0. The topological polar surface area (TPSA) is 80.0 Å². The van der Waals surface area contributed by atoms with Crippen molar-refractivity contribution in [2.24, 2.45) is 0 Å². The number of carbonyl (C=O) groups is 1. The number of aromatic nitrogens is 3. The maximum Gasteiger partial charge on any atom is 0.229 e. The molecule has 28 heavy (non-hydrogen) atoms. The summed E-state index contributed by atoms with van der Waals surface area (Å²) in [6, 6.07) is 8.77. The lowest BCUT2D eigenvalue weighted by atomic mass is 9.92. The molecule has 3 rings (SSSR count). The van der Waals surface area contributed by atoms with Gasteiger partial charge < -0.3 is 5.11 Å². The van der Waals surface area contributed by atoms with Crippen molar-refractivity contribution in [1.29, 1.82) is 0 Å². The molecule has 0 aliphatic heterocycles. The fourth-order valence-corrected chi connectivity index (χ4v) is 3.19. The average molecular weight is 405 g/mol. The Balaban J connectivity index is 1.90. The molecule has 0 unspecified atom stereocenters. The predicted molar refractivity (Wildman–Crippen MR) is 107 cm³/mol. The molecule has 3 aromatic rings. The molecule has 0 aliphatic carbocycles. The number of nitrogens with zero attached hydrogens (tertiary/aromatic N) is 3. The molecule has 1 amide bonds. The van der Waals surface area contributed by atoms with Gasteiger partial charge in [-0.25, -0.2) is 14.4 Å². The summed E-state index contributed by atoms with van der Waals surface area (Å²) < 4.78 is 14.9. The normalized spacial score (nSPS) is 14.1. The molecule has 6 nitrogen and oxygen atoms in total. The second kappa shape index (κ2) is 7.14. The van der Waals surface area contributed by atoms with Gasteiger partial charge in [-0.3, -0.25) is 14.7 Å². The van der Waals surface area contributed by atoms with E-state index in [9.17, 15) is 14.3 Å². The predicted octanol–water partition coefficient (Wildman–Crippen LogP) is 4.22. The maximum absolute atomic E-state index is 13.1. The summed E-state index contributed by atoms with van der Waals surface area (Å²) in [6.45, 7) is 7.39. The minimum Gasteiger partial charge on any atom is -0.385 e. The van der Waals surface area contributed by atoms with Gasteiger partial charge in [0.05, 0.1) is 12.0 Å². The van der Waals surface area contributed by atoms with Gasteiger partial charge >= 0.3 is 0 Å². The van der Waals surface area contributed by atoms with Gasteiger partial charge in [0.15, 0.2) is 5.65 Å². The summed E-state index contributed by atoms with van der Waals surface area (Å²) in [7, 11) is 0. The molecule has 148 valence electrons. The summed E-state index contributed by atoms with van der Waals surface area (Å²) in [5.41, 5.74) is -0.283. The van der Waals surface area contributed by atoms with Crippen LogP contribution in [0.15, 0.2) is 36.4 Å². The van der Waals surface area contributed by atoms with Gasteiger partial charge in [-0.1, -0.05) is 23.7 Å². The number of pyridine rings is 1. The van der Waals surface area contributed by atoms with Gasteiger partial charge in [-0.15, -0.1) is 0 Å². The lowest BCUT2D eigenvalue weighted by molar-refractivity contribution is -0.120. The van der Waals surface area contributed by atoms with E-state index < -0.39 is 22.9 Å². The molecule has 0 saturated heterocycles. The third-order valence-electron chi connectivity index (χ3n) is 4.36. The van der Waals surface area contributed by atoms with E-state index in [2.05, 4.69) is 15.3 Å². The molecule has 0 radical (unpaired) electrons. The Morgan fingerprint density at radius 2 is 1.79 bits per heavy atom. The highest BCUT2D eigenvalue weighted by Crippen LogP contribution is 2.29. The Kier molecular flexibility index (Phi) is 5.16. The molecule has 2 heterocycles. The minimum atomic E-state index is -1.46. The molecule has 2 N–H and O–H groups in total. The number of nitrogens with one attached hydrogen (secondary N) is 1. The van der Waals surface area contributed by atoms with E-state index in [1.807, 2.05) is 20.8 Å². The first-order valence-electron chi connectivity index (χ1n) is 8.81. The molecule has 1 aromatic carbocycles. The molecule has 1 atom stereocenters. The van der Waals surface area contributed by atoms with E-state index in [-0.39, 0.29) is 6.42 Å². The van der Waals surface area contributed by atoms with E-state index in [1.165, 1.54) is 31.2 Å². The number of carbonyl (C=O) groups excluding carboxylic acids is 1. The average Bonchev–Trinajstić information content (AvgIpc) is 2.91. The number of aliphatic hydroxyl groups is 1. The highest BCUT2D eigenvalue weighted by atomic mass is 35.5. The maximum atomic E-state index is 13.1. The summed E-state index contributed by atoms with van der Waals surface area (Å²) in [6.07, 6.45) is -0.222. The van der Waals surface area contributed by atoms with E-state index in [4.69, 9.17) is 11.6 Å². The fourth-order valence-electron chi connectivity index (χ4n) is 3.05. The highest BCUT2D eigenvalue weighted by Gasteiger charge is 2.29. The number of hydrogen-bond donors (Lipinski definition) is 2. The smallest absolute Gasteiger partial charge is 0.229 e. The number of amides is 1. The minimum absolute atomic E-state index is 0.222. The Labute approximate surface area is 167 Å². The van der Waals surface area contributed by atoms with Crippen molar-refractivity contribution in [3.8, 4) is 0 Å². The molecule has 0 spiro atoms. The van der Waals surface area contributed by atoms with Crippen LogP contribution in [0.1, 0.15) is 39.7 Å². The van der Waals surface area contributed by atoms with E-state index in [1.54, 1.807) is 16.7 Å². The molecule has 0 fully saturated rings. The third kappa shape index (κ3) is 4.15. The van der Waals surface area contributed by atoms with Crippen molar-refractivity contribution in [1.82, 2.24) is 14.5 Å². The van der Waals surface area contributed by atoms with Crippen LogP contribution in [-0.2, 0) is 15.9 Å². The van der Waals surface area contributed by atoms with Crippen molar-refractivity contribution in [3.63, 3.8) is 0 Å². The number of halogens is 2. The molecule has 2 aromatic heterocycles. The van der Waals surface area contributed by atoms with Crippen molar-refractivity contribution in [2.75, 3.05) is 5.32 Å². The van der Waals surface area contributed by atoms with Gasteiger partial charge in [-0.05, 0) is 57.5 Å². The first-order valence-corrected chi connectivity index (χ1v) is 9.19. The van der Waals surface area contributed by atoms with Crippen molar-refractivity contribution in [3.05, 3.63) is 52.9 Å². The standard InChI is InChI=1S/C20H22ClFN4O2/c1-19(2,3)26-17-14(9-10-15(21)24-17)23-18(26)25-16(27)11-20(4,28)12-5-7-13(22)8-6-12/h5-10,28H,11H2,1-4H3,(H,23,25,27)/t20-/m0/s1. The zero-order chi connectivity index (χ0) is 20.7. The van der Waals surface area contributed by atoms with Crippen LogP contribution in [0.3, 0.4) is 0 Å². The van der Waals surface area contributed by atoms with Gasteiger partial charge in [0, 0.05) is 5.54 Å². The summed E-state index contributed by atoms with van der Waals surface area (Å²) in [5.74, 6) is -0.521. The van der Waals surface area contributed by atoms with Crippen LogP contribution in [-0.4, -0.2) is 25.5 Å². The van der Waals surface area contributed by atoms with Crippen molar-refractivity contribution < 1.29 is 14.3 Å². The van der Waals surface area contributed by atoms with E-state index in [0.717, 1.165) is 0 Å². The molecule has 0 saturated carbocycles. The number of rotatable bonds is 4. The third-order valence-corrected chi connectivity index (χ3v) is 4.57. The van der Waals surface area contributed by atoms with Crippen LogP contribution < -0.4 is 5.32 Å². The van der Waals surface area contributed by atoms with Gasteiger partial charge in [0.1, 0.15) is 16.5 Å². The first kappa shape index (κ1) is 20.2. The van der Waals surface area contributed by atoms with Crippen molar-refractivity contribution >= 4 is 34.6 Å². The van der Waals surface area contributed by atoms with Crippen LogP contribution in [0.2, 0.25) is 5.15 Å². The zero-order valence-corrected chi connectivity index (χ0v) is 16.9.